The Labute approximate surface area is 151 Å². The highest BCUT2D eigenvalue weighted by molar-refractivity contribution is 6.53. The minimum atomic E-state index is -0.114. The first-order valence-corrected chi connectivity index (χ1v) is 9.18. The number of carbonyl (C=O) groups is 1. The molecule has 2 unspecified atom stereocenters. The van der Waals surface area contributed by atoms with Crippen LogP contribution in [-0.2, 0) is 4.79 Å². The Hall–Kier alpha value is -2.54. The van der Waals surface area contributed by atoms with Crippen LogP contribution in [-0.4, -0.2) is 52.4 Å². The Morgan fingerprint density at radius 3 is 2.77 bits per heavy atom. The predicted molar refractivity (Wildman–Crippen MR) is 97.8 cm³/mol. The largest absolute Gasteiger partial charge is 0.445 e. The molecule has 1 aromatic heterocycles. The van der Waals surface area contributed by atoms with E-state index in [0.29, 0.717) is 30.1 Å². The van der Waals surface area contributed by atoms with Crippen LogP contribution >= 0.6 is 0 Å². The maximum absolute atomic E-state index is 12.8. The number of carbonyl (C=O) groups excluding carboxylic acids is 1. The lowest BCUT2D eigenvalue weighted by Gasteiger charge is -2.36. The third kappa shape index (κ3) is 2.54. The summed E-state index contributed by atoms with van der Waals surface area (Å²) in [6.07, 6.45) is 12.1. The second-order valence-electron chi connectivity index (χ2n) is 7.47. The van der Waals surface area contributed by atoms with Crippen molar-refractivity contribution in [2.45, 2.75) is 50.2 Å². The first-order valence-electron chi connectivity index (χ1n) is 9.18. The van der Waals surface area contributed by atoms with Crippen LogP contribution in [0.25, 0.3) is 5.57 Å². The fraction of sp³-hybridized carbons (Fsp3) is 0.474. The minimum Gasteiger partial charge on any atom is -0.445 e. The van der Waals surface area contributed by atoms with E-state index in [1.54, 1.807) is 12.5 Å². The van der Waals surface area contributed by atoms with Gasteiger partial charge in [0.05, 0.1) is 11.9 Å². The summed E-state index contributed by atoms with van der Waals surface area (Å²) in [5, 5.41) is 11.6. The van der Waals surface area contributed by atoms with Gasteiger partial charge in [-0.1, -0.05) is 12.2 Å². The Morgan fingerprint density at radius 2 is 2.04 bits per heavy atom. The van der Waals surface area contributed by atoms with Crippen molar-refractivity contribution in [2.75, 3.05) is 7.05 Å². The lowest BCUT2D eigenvalue weighted by atomic mass is 9.92. The molecule has 4 aliphatic rings. The number of hydrogen-bond donors (Lipinski definition) is 1. The van der Waals surface area contributed by atoms with E-state index in [9.17, 15) is 4.79 Å². The molecule has 1 aliphatic carbocycles. The number of nitrogens with zero attached hydrogens (tertiary/aromatic N) is 4. The normalized spacial score (nSPS) is 30.3. The van der Waals surface area contributed by atoms with Gasteiger partial charge < -0.3 is 14.6 Å². The van der Waals surface area contributed by atoms with Crippen molar-refractivity contribution in [2.24, 2.45) is 10.2 Å². The van der Waals surface area contributed by atoms with Crippen LogP contribution in [0.15, 0.2) is 44.8 Å². The summed E-state index contributed by atoms with van der Waals surface area (Å²) >= 11 is 0. The molecule has 2 atom stereocenters. The van der Waals surface area contributed by atoms with Gasteiger partial charge in [-0.3, -0.25) is 4.79 Å². The van der Waals surface area contributed by atoms with Gasteiger partial charge in [-0.25, -0.2) is 4.98 Å². The Balaban J connectivity index is 1.29. The summed E-state index contributed by atoms with van der Waals surface area (Å²) in [7, 11) is 2.20. The van der Waals surface area contributed by atoms with E-state index in [0.717, 1.165) is 29.7 Å². The third-order valence-corrected chi connectivity index (χ3v) is 6.00. The van der Waals surface area contributed by atoms with Gasteiger partial charge in [-0.2, -0.15) is 5.10 Å². The molecule has 1 N–H and O–H groups in total. The number of rotatable bonds is 3. The van der Waals surface area contributed by atoms with Crippen LogP contribution in [0.2, 0.25) is 0 Å². The molecule has 0 aromatic carbocycles. The van der Waals surface area contributed by atoms with Crippen LogP contribution in [0, 0.1) is 0 Å². The van der Waals surface area contributed by atoms with Crippen molar-refractivity contribution in [3.63, 3.8) is 0 Å². The molecule has 0 spiro atoms. The molecular weight excluding hydrogens is 330 g/mol. The van der Waals surface area contributed by atoms with Crippen molar-refractivity contribution < 1.29 is 9.21 Å². The van der Waals surface area contributed by atoms with Crippen molar-refractivity contribution in [3.8, 4) is 0 Å². The average Bonchev–Trinajstić information content (AvgIpc) is 3.34. The van der Waals surface area contributed by atoms with E-state index < -0.39 is 0 Å². The minimum absolute atomic E-state index is 0.114. The smallest absolute Gasteiger partial charge is 0.272 e. The highest BCUT2D eigenvalue weighted by atomic mass is 16.3. The molecule has 2 saturated heterocycles. The van der Waals surface area contributed by atoms with Crippen molar-refractivity contribution in [3.05, 3.63) is 36.1 Å². The molecule has 2 fully saturated rings. The maximum atomic E-state index is 12.8. The number of oxazole rings is 1. The van der Waals surface area contributed by atoms with Gasteiger partial charge in [-0.15, -0.1) is 5.10 Å². The third-order valence-electron chi connectivity index (χ3n) is 6.00. The number of nitrogens with one attached hydrogen (secondary N) is 1. The number of piperidine rings is 1. The molecule has 26 heavy (non-hydrogen) atoms. The lowest BCUT2D eigenvalue weighted by Crippen LogP contribution is -2.50. The van der Waals surface area contributed by atoms with Crippen LogP contribution < -0.4 is 5.32 Å². The van der Waals surface area contributed by atoms with Gasteiger partial charge in [0.25, 0.3) is 5.91 Å². The van der Waals surface area contributed by atoms with E-state index in [1.807, 2.05) is 12.2 Å². The monoisotopic (exact) mass is 351 g/mol. The van der Waals surface area contributed by atoms with Gasteiger partial charge in [0.1, 0.15) is 6.26 Å². The SMILES string of the molecule is CN1C2CCC1CC(NC(=O)C1=NN=C3CC(c4ncco4)=CC=C31)C2. The van der Waals surface area contributed by atoms with E-state index in [1.165, 1.54) is 12.8 Å². The summed E-state index contributed by atoms with van der Waals surface area (Å²) in [4.78, 5) is 19.4. The summed E-state index contributed by atoms with van der Waals surface area (Å²) in [6, 6.07) is 1.42. The van der Waals surface area contributed by atoms with Crippen molar-refractivity contribution >= 4 is 22.9 Å². The number of amides is 1. The Bertz CT molecular complexity index is 851. The molecule has 5 rings (SSSR count). The summed E-state index contributed by atoms with van der Waals surface area (Å²) in [5.74, 6) is 0.472. The van der Waals surface area contributed by atoms with Gasteiger partial charge in [0.2, 0.25) is 5.89 Å². The van der Waals surface area contributed by atoms with Gasteiger partial charge >= 0.3 is 0 Å². The van der Waals surface area contributed by atoms with Crippen LogP contribution in [0.5, 0.6) is 0 Å². The van der Waals surface area contributed by atoms with E-state index in [2.05, 4.69) is 32.5 Å². The molecule has 1 aromatic rings. The van der Waals surface area contributed by atoms with E-state index in [-0.39, 0.29) is 11.9 Å². The molecule has 3 aliphatic heterocycles. The van der Waals surface area contributed by atoms with Gasteiger partial charge in [-0.05, 0) is 32.7 Å². The predicted octanol–water partition coefficient (Wildman–Crippen LogP) is 1.94. The van der Waals surface area contributed by atoms with Gasteiger partial charge in [0.15, 0.2) is 5.71 Å². The molecule has 4 heterocycles. The quantitative estimate of drug-likeness (QED) is 0.902. The number of hydrogen-bond acceptors (Lipinski definition) is 6. The summed E-state index contributed by atoms with van der Waals surface area (Å²) in [5.41, 5.74) is 2.98. The zero-order valence-corrected chi connectivity index (χ0v) is 14.7. The molecule has 2 bridgehead atoms. The summed E-state index contributed by atoms with van der Waals surface area (Å²) in [6.45, 7) is 0. The fourth-order valence-electron chi connectivity index (χ4n) is 4.56. The number of fused-ring (bicyclic) bond motifs is 3. The fourth-order valence-corrected chi connectivity index (χ4v) is 4.56. The molecule has 7 heteroatoms. The zero-order valence-electron chi connectivity index (χ0n) is 14.7. The molecule has 0 radical (unpaired) electrons. The van der Waals surface area contributed by atoms with E-state index >= 15 is 0 Å². The second kappa shape index (κ2) is 6.02. The first kappa shape index (κ1) is 15.7. The molecule has 1 amide bonds. The second-order valence-corrected chi connectivity index (χ2v) is 7.47. The van der Waals surface area contributed by atoms with E-state index in [4.69, 9.17) is 4.42 Å². The Morgan fingerprint density at radius 1 is 1.23 bits per heavy atom. The van der Waals surface area contributed by atoms with Crippen molar-refractivity contribution in [1.29, 1.82) is 0 Å². The highest BCUT2D eigenvalue weighted by Crippen LogP contribution is 2.34. The first-order chi connectivity index (χ1) is 12.7. The molecule has 7 nitrogen and oxygen atoms in total. The van der Waals surface area contributed by atoms with Crippen molar-refractivity contribution in [1.82, 2.24) is 15.2 Å². The molecular formula is C19H21N5O2. The van der Waals surface area contributed by atoms with Gasteiger partial charge in [0, 0.05) is 35.7 Å². The van der Waals surface area contributed by atoms with Crippen LogP contribution in [0.4, 0.5) is 0 Å². The number of aromatic nitrogens is 1. The van der Waals surface area contributed by atoms with Crippen LogP contribution in [0.3, 0.4) is 0 Å². The highest BCUT2D eigenvalue weighted by Gasteiger charge is 2.39. The number of allylic oxidation sites excluding steroid dienone is 3. The van der Waals surface area contributed by atoms with Crippen LogP contribution in [0.1, 0.15) is 38.0 Å². The lowest BCUT2D eigenvalue weighted by molar-refractivity contribution is -0.115. The summed E-state index contributed by atoms with van der Waals surface area (Å²) < 4.78 is 5.35. The average molecular weight is 351 g/mol. The molecule has 134 valence electrons. The molecule has 0 saturated carbocycles. The Kier molecular flexibility index (Phi) is 3.63. The zero-order chi connectivity index (χ0) is 17.7. The standard InChI is InChI=1S/C19H21N5O2/c1-24-13-3-4-14(24)10-12(9-13)21-18(25)17-15-5-2-11(8-16(15)22-23-17)19-20-6-7-26-19/h2,5-7,12-14H,3-4,8-10H2,1H3,(H,21,25). The topological polar surface area (TPSA) is 83.1 Å². The maximum Gasteiger partial charge on any atom is 0.272 e.